The van der Waals surface area contributed by atoms with Crippen LogP contribution in [-0.2, 0) is 4.79 Å². The first-order chi connectivity index (χ1) is 8.07. The van der Waals surface area contributed by atoms with Gasteiger partial charge in [-0.2, -0.15) is 0 Å². The number of Topliss-reactive ketones (excluding diaryl/α,β-unsaturated/α-hetero) is 1. The fourth-order valence-electron chi connectivity index (χ4n) is 3.22. The van der Waals surface area contributed by atoms with Crippen molar-refractivity contribution in [2.24, 2.45) is 22.7 Å². The Balaban J connectivity index is 2.37. The Morgan fingerprint density at radius 3 is 1.78 bits per heavy atom. The Bertz CT molecular complexity index is 269. The van der Waals surface area contributed by atoms with E-state index in [1.54, 1.807) is 0 Å². The van der Waals surface area contributed by atoms with Gasteiger partial charge in [-0.15, -0.1) is 0 Å². The quantitative estimate of drug-likeness (QED) is 0.672. The molecule has 106 valence electrons. The third-order valence-corrected chi connectivity index (χ3v) is 3.91. The largest absolute Gasteiger partial charge is 0.299 e. The van der Waals surface area contributed by atoms with Gasteiger partial charge in [0.2, 0.25) is 0 Å². The van der Waals surface area contributed by atoms with E-state index in [1.807, 2.05) is 0 Å². The smallest absolute Gasteiger partial charge is 0.136 e. The average molecular weight is 252 g/mol. The van der Waals surface area contributed by atoms with Crippen molar-refractivity contribution in [2.45, 2.75) is 80.1 Å². The summed E-state index contributed by atoms with van der Waals surface area (Å²) in [6.07, 6.45) is 6.86. The molecule has 18 heavy (non-hydrogen) atoms. The Morgan fingerprint density at radius 2 is 1.39 bits per heavy atom. The molecule has 0 aliphatic heterocycles. The maximum atomic E-state index is 12.2. The molecule has 0 heterocycles. The molecule has 0 unspecified atom stereocenters. The van der Waals surface area contributed by atoms with E-state index in [0.29, 0.717) is 17.1 Å². The molecule has 1 heteroatoms. The molecule has 1 fully saturated rings. The minimum atomic E-state index is 0.152. The van der Waals surface area contributed by atoms with Crippen LogP contribution in [0.25, 0.3) is 0 Å². The minimum absolute atomic E-state index is 0.152. The van der Waals surface area contributed by atoms with Gasteiger partial charge in [0.1, 0.15) is 5.78 Å². The second kappa shape index (κ2) is 5.75. The van der Waals surface area contributed by atoms with Crippen LogP contribution in [0.15, 0.2) is 0 Å². The Labute approximate surface area is 114 Å². The minimum Gasteiger partial charge on any atom is -0.299 e. The van der Waals surface area contributed by atoms with Gasteiger partial charge in [-0.1, -0.05) is 41.5 Å². The number of hydrogen-bond acceptors (Lipinski definition) is 1. The summed E-state index contributed by atoms with van der Waals surface area (Å²) in [5.74, 6) is 1.72. The van der Waals surface area contributed by atoms with Crippen LogP contribution in [0.2, 0.25) is 0 Å². The number of ketones is 1. The lowest BCUT2D eigenvalue weighted by molar-refractivity contribution is -0.125. The normalized spacial score (nSPS) is 26.1. The van der Waals surface area contributed by atoms with E-state index in [9.17, 15) is 4.79 Å². The van der Waals surface area contributed by atoms with E-state index in [-0.39, 0.29) is 5.41 Å². The molecule has 0 radical (unpaired) electrons. The van der Waals surface area contributed by atoms with Crippen LogP contribution in [0.5, 0.6) is 0 Å². The van der Waals surface area contributed by atoms with Crippen LogP contribution in [0.1, 0.15) is 80.1 Å². The van der Waals surface area contributed by atoms with Crippen LogP contribution in [0, 0.1) is 22.7 Å². The first kappa shape index (κ1) is 15.7. The van der Waals surface area contributed by atoms with Crippen molar-refractivity contribution in [1.29, 1.82) is 0 Å². The second-order valence-electron chi connectivity index (χ2n) is 8.69. The predicted octanol–water partition coefficient (Wildman–Crippen LogP) is 5.23. The maximum absolute atomic E-state index is 12.2. The maximum Gasteiger partial charge on any atom is 0.136 e. The first-order valence-corrected chi connectivity index (χ1v) is 7.59. The molecule has 0 aromatic rings. The molecule has 1 aliphatic rings. The highest BCUT2D eigenvalue weighted by Gasteiger charge is 2.30. The number of rotatable bonds is 3. The third-order valence-electron chi connectivity index (χ3n) is 3.91. The van der Waals surface area contributed by atoms with Crippen molar-refractivity contribution >= 4 is 5.78 Å². The molecule has 0 N–H and O–H groups in total. The van der Waals surface area contributed by atoms with Gasteiger partial charge in [0.25, 0.3) is 0 Å². The van der Waals surface area contributed by atoms with Crippen LogP contribution in [-0.4, -0.2) is 5.78 Å². The van der Waals surface area contributed by atoms with Crippen molar-refractivity contribution in [3.63, 3.8) is 0 Å². The molecule has 1 nitrogen and oxygen atoms in total. The summed E-state index contributed by atoms with van der Waals surface area (Å²) in [7, 11) is 0. The van der Waals surface area contributed by atoms with Crippen LogP contribution >= 0.6 is 0 Å². The van der Waals surface area contributed by atoms with Crippen molar-refractivity contribution in [3.05, 3.63) is 0 Å². The lowest BCUT2D eigenvalue weighted by Gasteiger charge is -2.33. The molecule has 0 aromatic heterocycles. The number of carbonyl (C=O) groups excluding carboxylic acids is 1. The monoisotopic (exact) mass is 252 g/mol. The molecule has 1 saturated carbocycles. The number of carbonyl (C=O) groups is 1. The van der Waals surface area contributed by atoms with Gasteiger partial charge in [0.15, 0.2) is 0 Å². The molecular formula is C17H32O. The van der Waals surface area contributed by atoms with Crippen LogP contribution in [0.4, 0.5) is 0 Å². The molecule has 0 bridgehead atoms. The van der Waals surface area contributed by atoms with Gasteiger partial charge in [0, 0.05) is 12.3 Å². The molecule has 0 spiro atoms. The van der Waals surface area contributed by atoms with Gasteiger partial charge in [-0.3, -0.25) is 4.79 Å². The summed E-state index contributed by atoms with van der Waals surface area (Å²) in [6.45, 7) is 13.5. The first-order valence-electron chi connectivity index (χ1n) is 7.59. The van der Waals surface area contributed by atoms with Gasteiger partial charge >= 0.3 is 0 Å². The molecule has 0 aromatic carbocycles. The SMILES string of the molecule is CC(C)(C)CC(=O)C1CCC(CC(C)(C)C)CC1. The zero-order valence-corrected chi connectivity index (χ0v) is 13.3. The van der Waals surface area contributed by atoms with Crippen molar-refractivity contribution in [1.82, 2.24) is 0 Å². The van der Waals surface area contributed by atoms with Gasteiger partial charge in [-0.25, -0.2) is 0 Å². The van der Waals surface area contributed by atoms with E-state index < -0.39 is 0 Å². The van der Waals surface area contributed by atoms with Crippen molar-refractivity contribution < 1.29 is 4.79 Å². The summed E-state index contributed by atoms with van der Waals surface area (Å²) in [6, 6.07) is 0. The van der Waals surface area contributed by atoms with Crippen LogP contribution in [0.3, 0.4) is 0 Å². The fraction of sp³-hybridized carbons (Fsp3) is 0.941. The van der Waals surface area contributed by atoms with Gasteiger partial charge < -0.3 is 0 Å². The van der Waals surface area contributed by atoms with Crippen molar-refractivity contribution in [3.8, 4) is 0 Å². The molecule has 0 atom stereocenters. The molecule has 1 rings (SSSR count). The summed E-state index contributed by atoms with van der Waals surface area (Å²) < 4.78 is 0. The predicted molar refractivity (Wildman–Crippen MR) is 78.6 cm³/mol. The molecule has 0 saturated heterocycles. The number of hydrogen-bond donors (Lipinski definition) is 0. The van der Waals surface area contributed by atoms with Gasteiger partial charge in [0.05, 0.1) is 0 Å². The Morgan fingerprint density at radius 1 is 0.889 bits per heavy atom. The molecule has 0 amide bonds. The highest BCUT2D eigenvalue weighted by Crippen LogP contribution is 2.37. The third kappa shape index (κ3) is 6.02. The Hall–Kier alpha value is -0.330. The fourth-order valence-corrected chi connectivity index (χ4v) is 3.22. The lowest BCUT2D eigenvalue weighted by atomic mass is 9.72. The summed E-state index contributed by atoms with van der Waals surface area (Å²) in [5.41, 5.74) is 0.590. The zero-order valence-electron chi connectivity index (χ0n) is 13.3. The van der Waals surface area contributed by atoms with Crippen molar-refractivity contribution in [2.75, 3.05) is 0 Å². The standard InChI is InChI=1S/C17H32O/c1-16(2,3)11-13-7-9-14(10-8-13)15(18)12-17(4,5)6/h13-14H,7-12H2,1-6H3. The van der Waals surface area contributed by atoms with E-state index in [2.05, 4.69) is 41.5 Å². The highest BCUT2D eigenvalue weighted by atomic mass is 16.1. The zero-order chi connectivity index (χ0) is 14.0. The van der Waals surface area contributed by atoms with E-state index in [0.717, 1.165) is 25.2 Å². The summed E-state index contributed by atoms with van der Waals surface area (Å²) >= 11 is 0. The van der Waals surface area contributed by atoms with E-state index >= 15 is 0 Å². The van der Waals surface area contributed by atoms with Gasteiger partial charge in [-0.05, 0) is 48.9 Å². The van der Waals surface area contributed by atoms with E-state index in [4.69, 9.17) is 0 Å². The summed E-state index contributed by atoms with van der Waals surface area (Å²) in [4.78, 5) is 12.2. The lowest BCUT2D eigenvalue weighted by Crippen LogP contribution is -2.26. The van der Waals surface area contributed by atoms with E-state index in [1.165, 1.54) is 19.3 Å². The Kier molecular flexibility index (Phi) is 5.03. The second-order valence-corrected chi connectivity index (χ2v) is 8.69. The topological polar surface area (TPSA) is 17.1 Å². The average Bonchev–Trinajstić information content (AvgIpc) is 2.13. The van der Waals surface area contributed by atoms with Crippen LogP contribution < -0.4 is 0 Å². The summed E-state index contributed by atoms with van der Waals surface area (Å²) in [5, 5.41) is 0. The molecular weight excluding hydrogens is 220 g/mol. The molecule has 1 aliphatic carbocycles. The highest BCUT2D eigenvalue weighted by molar-refractivity contribution is 5.81.